The lowest BCUT2D eigenvalue weighted by molar-refractivity contribution is -0.274. The number of alkyl halides is 3. The number of nitrogens with one attached hydrogen (secondary N) is 3. The van der Waals surface area contributed by atoms with Crippen LogP contribution in [0.25, 0.3) is 0 Å². The highest BCUT2D eigenvalue weighted by atomic mass is 19.4. The second-order valence-electron chi connectivity index (χ2n) is 19.6. The number of hydrogen-bond donors (Lipinski definition) is 4. The SMILES string of the molecule is CC[C@@H]1C(=O)N(C)c2cnc(Nc3ccc(C(=O)NC4(CCO)CC5(CCN(C(=O)[C@H]6CCN(c7cc(F)c(C8CCC(=O)NC8=O)c(F)c7)C6)CC5)C4)cc3OC(F)(F)F)nc2N1C1CCCC1. The summed E-state index contributed by atoms with van der Waals surface area (Å²) in [6, 6.07) is 5.58. The molecule has 0 radical (unpaired) electrons. The Balaban J connectivity index is 0.831. The number of carbonyl (C=O) groups excluding carboxylic acids is 5. The number of piperidine rings is 2. The van der Waals surface area contributed by atoms with E-state index in [1.807, 2.05) is 11.8 Å². The predicted octanol–water partition coefficient (Wildman–Crippen LogP) is 6.20. The second kappa shape index (κ2) is 18.7. The van der Waals surface area contributed by atoms with Gasteiger partial charge in [-0.25, -0.2) is 13.8 Å². The second-order valence-corrected chi connectivity index (χ2v) is 19.6. The Morgan fingerprint density at radius 3 is 2.35 bits per heavy atom. The number of benzene rings is 2. The van der Waals surface area contributed by atoms with Gasteiger partial charge in [-0.05, 0) is 100.0 Å². The zero-order valence-electron chi connectivity index (χ0n) is 38.5. The first-order valence-electron chi connectivity index (χ1n) is 23.8. The van der Waals surface area contributed by atoms with Gasteiger partial charge in [-0.2, -0.15) is 4.98 Å². The standard InChI is InChI=1S/C48H56F5N9O7/c1-3-35-44(68)59(2)36-23-54-45(57-40(36)62(35)29-6-4-5-7-29)55-34-10-8-27(20-37(34)69-48(51,52)53)41(65)58-47(15-19-63)25-46(26-47)13-17-60(18-14-46)43(67)28-12-16-61(24-28)30-21-32(49)39(33(50)22-30)31-9-11-38(64)56-42(31)66/h8,10,20-23,28-29,31,35,63H,3-7,9,11-19,24-26H2,1-2H3,(H,58,65)(H,54,55,57)(H,56,64,66)/t28-,31?,35+/m0/s1. The largest absolute Gasteiger partial charge is 0.573 e. The zero-order valence-corrected chi connectivity index (χ0v) is 38.5. The molecule has 5 amide bonds. The Morgan fingerprint density at radius 2 is 1.70 bits per heavy atom. The monoisotopic (exact) mass is 965 g/mol. The van der Waals surface area contributed by atoms with E-state index in [2.05, 4.69) is 25.7 Å². The lowest BCUT2D eigenvalue weighted by Gasteiger charge is -2.59. The molecule has 3 atom stereocenters. The Hall–Kier alpha value is -6.12. The molecule has 2 aromatic carbocycles. The predicted molar refractivity (Wildman–Crippen MR) is 242 cm³/mol. The highest BCUT2D eigenvalue weighted by molar-refractivity contribution is 6.04. The summed E-state index contributed by atoms with van der Waals surface area (Å²) in [4.78, 5) is 81.0. The number of imide groups is 1. The summed E-state index contributed by atoms with van der Waals surface area (Å²) in [6.07, 6.45) is 3.50. The fourth-order valence-electron chi connectivity index (χ4n) is 11.8. The van der Waals surface area contributed by atoms with Crippen LogP contribution in [0.5, 0.6) is 5.75 Å². The van der Waals surface area contributed by atoms with Gasteiger partial charge < -0.3 is 40.1 Å². The van der Waals surface area contributed by atoms with Gasteiger partial charge in [0.1, 0.15) is 23.4 Å². The molecule has 370 valence electrons. The van der Waals surface area contributed by atoms with Gasteiger partial charge in [0, 0.05) is 74.6 Å². The van der Waals surface area contributed by atoms with Crippen LogP contribution in [0.15, 0.2) is 36.5 Å². The molecular formula is C48H56F5N9O7. The van der Waals surface area contributed by atoms with Crippen LogP contribution in [-0.2, 0) is 19.2 Å². The number of carbonyl (C=O) groups is 5. The van der Waals surface area contributed by atoms with Gasteiger partial charge in [0.05, 0.1) is 23.7 Å². The number of hydrogen-bond acceptors (Lipinski definition) is 12. The summed E-state index contributed by atoms with van der Waals surface area (Å²) < 4.78 is 76.7. The maximum absolute atomic E-state index is 15.3. The molecule has 2 saturated carbocycles. The molecule has 16 nitrogen and oxygen atoms in total. The van der Waals surface area contributed by atoms with Gasteiger partial charge >= 0.3 is 6.36 Å². The van der Waals surface area contributed by atoms with Crippen LogP contribution in [0.2, 0.25) is 0 Å². The summed E-state index contributed by atoms with van der Waals surface area (Å²) >= 11 is 0. The molecule has 0 bridgehead atoms. The minimum Gasteiger partial charge on any atom is -0.404 e. The van der Waals surface area contributed by atoms with Gasteiger partial charge in [0.2, 0.25) is 29.6 Å². The van der Waals surface area contributed by atoms with Crippen LogP contribution in [0.3, 0.4) is 0 Å². The molecule has 69 heavy (non-hydrogen) atoms. The van der Waals surface area contributed by atoms with Crippen molar-refractivity contribution in [3.8, 4) is 5.75 Å². The van der Waals surface area contributed by atoms with E-state index in [0.717, 1.165) is 43.9 Å². The molecule has 2 aliphatic carbocycles. The van der Waals surface area contributed by atoms with Gasteiger partial charge in [-0.1, -0.05) is 19.8 Å². The molecule has 5 heterocycles. The van der Waals surface area contributed by atoms with E-state index >= 15 is 8.78 Å². The summed E-state index contributed by atoms with van der Waals surface area (Å²) in [5.74, 6) is -5.57. The molecule has 1 unspecified atom stereocenters. The third-order valence-corrected chi connectivity index (χ3v) is 15.2. The van der Waals surface area contributed by atoms with Crippen LogP contribution >= 0.6 is 0 Å². The molecule has 4 N–H and O–H groups in total. The molecule has 4 aliphatic heterocycles. The third-order valence-electron chi connectivity index (χ3n) is 15.2. The molecule has 3 aromatic rings. The van der Waals surface area contributed by atoms with E-state index in [1.54, 1.807) is 16.8 Å². The van der Waals surface area contributed by atoms with E-state index < -0.39 is 64.9 Å². The highest BCUT2D eigenvalue weighted by Crippen LogP contribution is 2.56. The van der Waals surface area contributed by atoms with Crippen LogP contribution in [-0.4, -0.2) is 113 Å². The first-order chi connectivity index (χ1) is 32.9. The average Bonchev–Trinajstić information content (AvgIpc) is 4.02. The van der Waals surface area contributed by atoms with Crippen molar-refractivity contribution in [3.63, 3.8) is 0 Å². The number of likely N-dealkylation sites (tertiary alicyclic amines) is 1. The maximum atomic E-state index is 15.3. The van der Waals surface area contributed by atoms with E-state index in [-0.39, 0.29) is 84.1 Å². The topological polar surface area (TPSA) is 190 Å². The number of aromatic nitrogens is 2. The Morgan fingerprint density at radius 1 is 0.986 bits per heavy atom. The molecular weight excluding hydrogens is 910 g/mol. The van der Waals surface area contributed by atoms with Crippen molar-refractivity contribution in [2.75, 3.05) is 59.9 Å². The van der Waals surface area contributed by atoms with E-state index in [9.17, 15) is 42.3 Å². The van der Waals surface area contributed by atoms with E-state index in [0.29, 0.717) is 69.7 Å². The zero-order chi connectivity index (χ0) is 49.0. The van der Waals surface area contributed by atoms with Crippen molar-refractivity contribution in [2.24, 2.45) is 11.3 Å². The lowest BCUT2D eigenvalue weighted by atomic mass is 9.52. The normalized spacial score (nSPS) is 23.5. The Kier molecular flexibility index (Phi) is 13.0. The van der Waals surface area contributed by atoms with Gasteiger partial charge in [-0.3, -0.25) is 29.3 Å². The summed E-state index contributed by atoms with van der Waals surface area (Å²) in [7, 11) is 1.65. The number of nitrogens with zero attached hydrogens (tertiary/aromatic N) is 6. The van der Waals surface area contributed by atoms with Crippen molar-refractivity contribution in [3.05, 3.63) is 59.3 Å². The number of ether oxygens (including phenoxy) is 1. The van der Waals surface area contributed by atoms with Crippen molar-refractivity contribution >= 4 is 58.4 Å². The molecule has 21 heteroatoms. The smallest absolute Gasteiger partial charge is 0.404 e. The number of halogens is 5. The first kappa shape index (κ1) is 47.9. The van der Waals surface area contributed by atoms with Crippen molar-refractivity contribution in [1.29, 1.82) is 0 Å². The number of amides is 5. The third kappa shape index (κ3) is 9.49. The quantitative estimate of drug-likeness (QED) is 0.119. The number of likely N-dealkylation sites (N-methyl/N-ethyl adjacent to an activating group) is 1. The van der Waals surface area contributed by atoms with Gasteiger partial charge in [0.25, 0.3) is 5.91 Å². The minimum atomic E-state index is -5.11. The maximum Gasteiger partial charge on any atom is 0.573 e. The minimum absolute atomic E-state index is 0.00294. The Labute approximate surface area is 395 Å². The summed E-state index contributed by atoms with van der Waals surface area (Å²) in [5.41, 5.74) is -0.994. The van der Waals surface area contributed by atoms with Crippen LogP contribution in [0, 0.1) is 23.0 Å². The molecule has 1 spiro atoms. The molecule has 3 saturated heterocycles. The van der Waals surface area contributed by atoms with E-state index in [1.165, 1.54) is 23.2 Å². The molecule has 6 aliphatic rings. The van der Waals surface area contributed by atoms with Crippen LogP contribution in [0.1, 0.15) is 112 Å². The Bertz CT molecular complexity index is 2500. The number of anilines is 5. The highest BCUT2D eigenvalue weighted by Gasteiger charge is 2.56. The summed E-state index contributed by atoms with van der Waals surface area (Å²) in [5, 5.41) is 18.1. The summed E-state index contributed by atoms with van der Waals surface area (Å²) in [6.45, 7) is 3.19. The van der Waals surface area contributed by atoms with Crippen molar-refractivity contribution < 1.29 is 55.8 Å². The van der Waals surface area contributed by atoms with Gasteiger partial charge in [-0.15, -0.1) is 13.2 Å². The lowest BCUT2D eigenvalue weighted by Crippen LogP contribution is -2.64. The van der Waals surface area contributed by atoms with Crippen LogP contribution in [0.4, 0.5) is 50.8 Å². The number of aliphatic hydroxyl groups is 1. The van der Waals surface area contributed by atoms with Gasteiger partial charge in [0.15, 0.2) is 11.6 Å². The number of rotatable bonds is 12. The average molecular weight is 966 g/mol. The first-order valence-corrected chi connectivity index (χ1v) is 23.8. The number of fused-ring (bicyclic) bond motifs is 1. The molecule has 5 fully saturated rings. The molecule has 9 rings (SSSR count). The number of aliphatic hydroxyl groups excluding tert-OH is 1. The molecule has 1 aromatic heterocycles. The van der Waals surface area contributed by atoms with Crippen LogP contribution < -0.4 is 35.4 Å². The van der Waals surface area contributed by atoms with E-state index in [4.69, 9.17) is 4.98 Å². The van der Waals surface area contributed by atoms with Crippen molar-refractivity contribution in [2.45, 2.75) is 120 Å². The fraction of sp³-hybridized carbons (Fsp3) is 0.562. The fourth-order valence-corrected chi connectivity index (χ4v) is 11.8. The van der Waals surface area contributed by atoms with Crippen molar-refractivity contribution in [1.82, 2.24) is 25.5 Å².